The number of hydrogen-bond donors (Lipinski definition) is 1. The van der Waals surface area contributed by atoms with Crippen molar-refractivity contribution in [3.63, 3.8) is 0 Å². The van der Waals surface area contributed by atoms with Gasteiger partial charge >= 0.3 is 0 Å². The van der Waals surface area contributed by atoms with Gasteiger partial charge in [-0.1, -0.05) is 13.8 Å². The first kappa shape index (κ1) is 15.9. The smallest absolute Gasteiger partial charge is 0.223 e. The van der Waals surface area contributed by atoms with Crippen LogP contribution >= 0.6 is 0 Å². The van der Waals surface area contributed by atoms with Gasteiger partial charge in [0.25, 0.3) is 0 Å². The molecule has 0 unspecified atom stereocenters. The highest BCUT2D eigenvalue weighted by molar-refractivity contribution is 5.78. The van der Waals surface area contributed by atoms with Crippen molar-refractivity contribution in [1.29, 1.82) is 0 Å². The van der Waals surface area contributed by atoms with Gasteiger partial charge in [-0.3, -0.25) is 9.59 Å². The normalized spacial score (nSPS) is 10.8. The molecule has 0 saturated carbocycles. The van der Waals surface area contributed by atoms with Crippen molar-refractivity contribution in [2.45, 2.75) is 53.5 Å². The van der Waals surface area contributed by atoms with Crippen LogP contribution in [-0.2, 0) is 9.59 Å². The van der Waals surface area contributed by atoms with E-state index in [1.165, 1.54) is 0 Å². The van der Waals surface area contributed by atoms with Crippen molar-refractivity contribution in [3.8, 4) is 0 Å². The largest absolute Gasteiger partial charge is 0.354 e. The zero-order valence-corrected chi connectivity index (χ0v) is 11.7. The van der Waals surface area contributed by atoms with E-state index in [9.17, 15) is 9.59 Å². The highest BCUT2D eigenvalue weighted by Crippen LogP contribution is 2.06. The maximum Gasteiger partial charge on any atom is 0.223 e. The average Bonchev–Trinajstić information content (AvgIpc) is 2.24. The molecule has 0 heterocycles. The topological polar surface area (TPSA) is 49.4 Å². The molecule has 1 N–H and O–H groups in total. The highest BCUT2D eigenvalue weighted by atomic mass is 16.2. The lowest BCUT2D eigenvalue weighted by atomic mass is 10.0. The van der Waals surface area contributed by atoms with E-state index in [-0.39, 0.29) is 23.8 Å². The molecule has 0 aliphatic rings. The lowest BCUT2D eigenvalue weighted by molar-refractivity contribution is -0.131. The number of amides is 2. The van der Waals surface area contributed by atoms with Crippen LogP contribution in [0.1, 0.15) is 47.5 Å². The van der Waals surface area contributed by atoms with Gasteiger partial charge in [-0.25, -0.2) is 0 Å². The van der Waals surface area contributed by atoms with Crippen LogP contribution < -0.4 is 5.32 Å². The SMILES string of the molecule is CCC(CC)C(=O)NCCN(C(C)=O)C(C)C. The lowest BCUT2D eigenvalue weighted by Crippen LogP contribution is -2.42. The molecule has 0 rings (SSSR count). The number of nitrogens with zero attached hydrogens (tertiary/aromatic N) is 1. The van der Waals surface area contributed by atoms with Gasteiger partial charge in [-0.15, -0.1) is 0 Å². The Hall–Kier alpha value is -1.06. The number of hydrogen-bond acceptors (Lipinski definition) is 2. The molecule has 100 valence electrons. The van der Waals surface area contributed by atoms with Gasteiger partial charge < -0.3 is 10.2 Å². The third-order valence-electron chi connectivity index (χ3n) is 3.04. The van der Waals surface area contributed by atoms with Crippen molar-refractivity contribution in [3.05, 3.63) is 0 Å². The molecule has 17 heavy (non-hydrogen) atoms. The Labute approximate surface area is 105 Å². The van der Waals surface area contributed by atoms with Crippen LogP contribution in [0.25, 0.3) is 0 Å². The predicted octanol–water partition coefficient (Wildman–Crippen LogP) is 1.80. The molecule has 0 aliphatic carbocycles. The van der Waals surface area contributed by atoms with Crippen LogP contribution in [0.5, 0.6) is 0 Å². The van der Waals surface area contributed by atoms with Gasteiger partial charge in [0.15, 0.2) is 0 Å². The Kier molecular flexibility index (Phi) is 7.59. The summed E-state index contributed by atoms with van der Waals surface area (Å²) in [5.74, 6) is 0.249. The number of nitrogens with one attached hydrogen (secondary N) is 1. The van der Waals surface area contributed by atoms with Crippen molar-refractivity contribution < 1.29 is 9.59 Å². The molecular formula is C13H26N2O2. The number of carbonyl (C=O) groups is 2. The summed E-state index contributed by atoms with van der Waals surface area (Å²) in [4.78, 5) is 24.8. The van der Waals surface area contributed by atoms with E-state index in [0.29, 0.717) is 13.1 Å². The summed E-state index contributed by atoms with van der Waals surface area (Å²) in [6, 6.07) is 0.178. The molecule has 0 aromatic carbocycles. The average molecular weight is 242 g/mol. The predicted molar refractivity (Wildman–Crippen MR) is 69.6 cm³/mol. The molecule has 0 aromatic heterocycles. The van der Waals surface area contributed by atoms with E-state index in [1.54, 1.807) is 11.8 Å². The van der Waals surface area contributed by atoms with Gasteiger partial charge in [-0.2, -0.15) is 0 Å². The van der Waals surface area contributed by atoms with Crippen LogP contribution in [0.4, 0.5) is 0 Å². The molecular weight excluding hydrogens is 216 g/mol. The number of carbonyl (C=O) groups excluding carboxylic acids is 2. The van der Waals surface area contributed by atoms with E-state index < -0.39 is 0 Å². The Bertz CT molecular complexity index is 248. The standard InChI is InChI=1S/C13H26N2O2/c1-6-12(7-2)13(17)14-8-9-15(10(3)4)11(5)16/h10,12H,6-9H2,1-5H3,(H,14,17). The molecule has 0 radical (unpaired) electrons. The van der Waals surface area contributed by atoms with Gasteiger partial charge in [0, 0.05) is 32.0 Å². The molecule has 0 spiro atoms. The first-order valence-electron chi connectivity index (χ1n) is 6.48. The first-order valence-corrected chi connectivity index (χ1v) is 6.48. The van der Waals surface area contributed by atoms with Crippen LogP contribution in [0.3, 0.4) is 0 Å². The lowest BCUT2D eigenvalue weighted by Gasteiger charge is -2.25. The summed E-state index contributed by atoms with van der Waals surface area (Å²) in [5.41, 5.74) is 0. The quantitative estimate of drug-likeness (QED) is 0.740. The van der Waals surface area contributed by atoms with Crippen molar-refractivity contribution in [2.75, 3.05) is 13.1 Å². The maximum absolute atomic E-state index is 11.7. The second-order valence-electron chi connectivity index (χ2n) is 4.61. The fourth-order valence-corrected chi connectivity index (χ4v) is 1.88. The molecule has 4 heteroatoms. The maximum atomic E-state index is 11.7. The minimum Gasteiger partial charge on any atom is -0.354 e. The van der Waals surface area contributed by atoms with Crippen LogP contribution in [0, 0.1) is 5.92 Å². The Morgan fingerprint density at radius 1 is 1.18 bits per heavy atom. The van der Waals surface area contributed by atoms with Crippen molar-refractivity contribution in [2.24, 2.45) is 5.92 Å². The van der Waals surface area contributed by atoms with Crippen LogP contribution in [-0.4, -0.2) is 35.8 Å². The molecule has 0 atom stereocenters. The first-order chi connectivity index (χ1) is 7.93. The second kappa shape index (κ2) is 8.09. The van der Waals surface area contributed by atoms with E-state index >= 15 is 0 Å². The van der Waals surface area contributed by atoms with E-state index in [4.69, 9.17) is 0 Å². The molecule has 0 aliphatic heterocycles. The van der Waals surface area contributed by atoms with Crippen molar-refractivity contribution >= 4 is 11.8 Å². The summed E-state index contributed by atoms with van der Waals surface area (Å²) in [5, 5.41) is 2.89. The molecule has 0 fully saturated rings. The third-order valence-corrected chi connectivity index (χ3v) is 3.04. The molecule has 0 aromatic rings. The zero-order chi connectivity index (χ0) is 13.4. The Morgan fingerprint density at radius 2 is 1.71 bits per heavy atom. The summed E-state index contributed by atoms with van der Waals surface area (Å²) in [6.07, 6.45) is 1.73. The van der Waals surface area contributed by atoms with E-state index in [1.807, 2.05) is 27.7 Å². The zero-order valence-electron chi connectivity index (χ0n) is 11.7. The Balaban J connectivity index is 4.04. The molecule has 0 bridgehead atoms. The molecule has 4 nitrogen and oxygen atoms in total. The fourth-order valence-electron chi connectivity index (χ4n) is 1.88. The second-order valence-corrected chi connectivity index (χ2v) is 4.61. The van der Waals surface area contributed by atoms with Gasteiger partial charge in [0.2, 0.25) is 11.8 Å². The summed E-state index contributed by atoms with van der Waals surface area (Å²) in [6.45, 7) is 10.7. The minimum atomic E-state index is 0.0526. The minimum absolute atomic E-state index is 0.0526. The summed E-state index contributed by atoms with van der Waals surface area (Å²) in [7, 11) is 0. The summed E-state index contributed by atoms with van der Waals surface area (Å²) >= 11 is 0. The summed E-state index contributed by atoms with van der Waals surface area (Å²) < 4.78 is 0. The molecule has 2 amide bonds. The van der Waals surface area contributed by atoms with Gasteiger partial charge in [-0.05, 0) is 26.7 Å². The van der Waals surface area contributed by atoms with E-state index in [0.717, 1.165) is 12.8 Å². The highest BCUT2D eigenvalue weighted by Gasteiger charge is 2.15. The van der Waals surface area contributed by atoms with Crippen LogP contribution in [0.15, 0.2) is 0 Å². The van der Waals surface area contributed by atoms with Gasteiger partial charge in [0.1, 0.15) is 0 Å². The van der Waals surface area contributed by atoms with E-state index in [2.05, 4.69) is 5.32 Å². The van der Waals surface area contributed by atoms with Crippen molar-refractivity contribution in [1.82, 2.24) is 10.2 Å². The fraction of sp³-hybridized carbons (Fsp3) is 0.846. The monoisotopic (exact) mass is 242 g/mol. The molecule has 0 saturated heterocycles. The number of rotatable bonds is 7. The Morgan fingerprint density at radius 3 is 2.06 bits per heavy atom. The third kappa shape index (κ3) is 5.71. The van der Waals surface area contributed by atoms with Gasteiger partial charge in [0.05, 0.1) is 0 Å². The van der Waals surface area contributed by atoms with Crippen LogP contribution in [0.2, 0.25) is 0 Å².